The number of aryl methyl sites for hydroxylation is 1. The van der Waals surface area contributed by atoms with Crippen LogP contribution in [0.4, 0.5) is 4.39 Å². The van der Waals surface area contributed by atoms with Crippen LogP contribution in [0, 0.1) is 12.7 Å². The van der Waals surface area contributed by atoms with Gasteiger partial charge in [0.2, 0.25) is 0 Å². The number of hydrogen-bond donors (Lipinski definition) is 2. The lowest BCUT2D eigenvalue weighted by atomic mass is 9.93. The molecule has 9 heteroatoms. The van der Waals surface area contributed by atoms with E-state index < -0.39 is 0 Å². The Hall–Kier alpha value is -4.63. The predicted molar refractivity (Wildman–Crippen MR) is 171 cm³/mol. The Morgan fingerprint density at radius 1 is 0.977 bits per heavy atom. The molecule has 4 aromatic carbocycles. The Labute approximate surface area is 261 Å². The highest BCUT2D eigenvalue weighted by molar-refractivity contribution is 7.98. The molecule has 1 unspecified atom stereocenters. The maximum atomic E-state index is 13.7. The van der Waals surface area contributed by atoms with Gasteiger partial charge >= 0.3 is 0 Å². The number of aromatic nitrogens is 3. The minimum absolute atomic E-state index is 0.0544. The number of rotatable bonds is 13. The van der Waals surface area contributed by atoms with Crippen molar-refractivity contribution in [1.82, 2.24) is 20.1 Å². The van der Waals surface area contributed by atoms with Gasteiger partial charge in [0.25, 0.3) is 5.91 Å². The maximum absolute atomic E-state index is 13.7. The van der Waals surface area contributed by atoms with E-state index in [9.17, 15) is 14.3 Å². The summed E-state index contributed by atoms with van der Waals surface area (Å²) in [7, 11) is 1.64. The highest BCUT2D eigenvalue weighted by Gasteiger charge is 2.24. The molecule has 0 saturated carbocycles. The van der Waals surface area contributed by atoms with Crippen LogP contribution >= 0.6 is 11.8 Å². The summed E-state index contributed by atoms with van der Waals surface area (Å²) in [5.74, 6) is 1.47. The fraction of sp³-hybridized carbons (Fsp3) is 0.229. The number of carbonyl (C=O) groups excluding carboxylic acids is 1. The van der Waals surface area contributed by atoms with E-state index in [0.717, 1.165) is 33.7 Å². The first-order chi connectivity index (χ1) is 21.4. The van der Waals surface area contributed by atoms with Crippen LogP contribution in [0.2, 0.25) is 0 Å². The van der Waals surface area contributed by atoms with Crippen LogP contribution in [-0.2, 0) is 12.2 Å². The van der Waals surface area contributed by atoms with Crippen molar-refractivity contribution in [1.29, 1.82) is 0 Å². The van der Waals surface area contributed by atoms with E-state index in [1.165, 1.54) is 29.3 Å². The van der Waals surface area contributed by atoms with Crippen molar-refractivity contribution in [2.75, 3.05) is 13.7 Å². The number of halogens is 1. The Morgan fingerprint density at radius 3 is 2.48 bits per heavy atom. The molecule has 226 valence electrons. The number of para-hydroxylation sites is 1. The van der Waals surface area contributed by atoms with Gasteiger partial charge in [-0.2, -0.15) is 0 Å². The molecule has 5 rings (SSSR count). The van der Waals surface area contributed by atoms with Crippen molar-refractivity contribution in [2.24, 2.45) is 0 Å². The molecule has 0 spiro atoms. The van der Waals surface area contributed by atoms with E-state index >= 15 is 0 Å². The summed E-state index contributed by atoms with van der Waals surface area (Å²) in [5.41, 5.74) is 4.49. The number of amides is 1. The van der Waals surface area contributed by atoms with Crippen molar-refractivity contribution in [2.45, 2.75) is 43.0 Å². The molecule has 0 aliphatic heterocycles. The lowest BCUT2D eigenvalue weighted by Crippen LogP contribution is -2.25. The normalized spacial score (nSPS) is 11.7. The summed E-state index contributed by atoms with van der Waals surface area (Å²) >= 11 is 1.61. The number of thioether (sulfide) groups is 1. The zero-order valence-electron chi connectivity index (χ0n) is 24.7. The van der Waals surface area contributed by atoms with Crippen LogP contribution < -0.4 is 10.1 Å². The SMILES string of the molecule is COc1cccc(-n2c(SCc3ccc(C)cc3)nnc2C(CCCNC(=O)c2ccccc2O)Cc2ccc(F)cc2)c1. The predicted octanol–water partition coefficient (Wildman–Crippen LogP) is 7.26. The highest BCUT2D eigenvalue weighted by atomic mass is 32.2. The van der Waals surface area contributed by atoms with Gasteiger partial charge in [0.1, 0.15) is 23.1 Å². The molecule has 0 fully saturated rings. The van der Waals surface area contributed by atoms with E-state index in [1.54, 1.807) is 49.2 Å². The van der Waals surface area contributed by atoms with Gasteiger partial charge in [-0.05, 0) is 73.7 Å². The second-order valence-electron chi connectivity index (χ2n) is 10.6. The quantitative estimate of drug-likeness (QED) is 0.108. The molecule has 44 heavy (non-hydrogen) atoms. The summed E-state index contributed by atoms with van der Waals surface area (Å²) in [6.07, 6.45) is 1.95. The molecule has 1 amide bonds. The Balaban J connectivity index is 1.42. The van der Waals surface area contributed by atoms with E-state index in [0.29, 0.717) is 25.8 Å². The number of methoxy groups -OCH3 is 1. The molecule has 2 N–H and O–H groups in total. The highest BCUT2D eigenvalue weighted by Crippen LogP contribution is 2.33. The molecule has 7 nitrogen and oxygen atoms in total. The van der Waals surface area contributed by atoms with Gasteiger partial charge in [0, 0.05) is 24.3 Å². The van der Waals surface area contributed by atoms with E-state index in [2.05, 4.69) is 46.2 Å². The van der Waals surface area contributed by atoms with Crippen molar-refractivity contribution in [3.8, 4) is 17.2 Å². The van der Waals surface area contributed by atoms with Crippen molar-refractivity contribution in [3.63, 3.8) is 0 Å². The molecular weight excluding hydrogens is 575 g/mol. The third-order valence-corrected chi connectivity index (χ3v) is 8.38. The largest absolute Gasteiger partial charge is 0.507 e. The summed E-state index contributed by atoms with van der Waals surface area (Å²) in [6.45, 7) is 2.48. The minimum Gasteiger partial charge on any atom is -0.507 e. The first kappa shape index (κ1) is 30.8. The van der Waals surface area contributed by atoms with Crippen LogP contribution in [-0.4, -0.2) is 39.4 Å². The molecule has 0 aliphatic rings. The molecule has 1 heterocycles. The average Bonchev–Trinajstić information content (AvgIpc) is 3.47. The standard InChI is InChI=1S/C35H35FN4O3S/c1-24-12-14-26(15-13-24)23-44-35-39-38-33(40(35)29-8-5-9-30(22-29)43-2)27(21-25-16-18-28(36)19-17-25)7-6-20-37-34(42)31-10-3-4-11-32(31)41/h3-5,8-19,22,27,41H,6-7,20-21,23H2,1-2H3,(H,37,42). The Bertz CT molecular complexity index is 1690. The van der Waals surface area contributed by atoms with E-state index in [-0.39, 0.29) is 29.0 Å². The third-order valence-electron chi connectivity index (χ3n) is 7.38. The van der Waals surface area contributed by atoms with Gasteiger partial charge in [-0.15, -0.1) is 10.2 Å². The second kappa shape index (κ2) is 14.7. The van der Waals surface area contributed by atoms with E-state index in [4.69, 9.17) is 9.84 Å². The van der Waals surface area contributed by atoms with E-state index in [1.807, 2.05) is 24.3 Å². The van der Waals surface area contributed by atoms with Gasteiger partial charge in [0.05, 0.1) is 18.4 Å². The topological polar surface area (TPSA) is 89.3 Å². The minimum atomic E-state index is -0.326. The zero-order valence-corrected chi connectivity index (χ0v) is 25.6. The van der Waals surface area contributed by atoms with Crippen LogP contribution in [0.15, 0.2) is 102 Å². The number of nitrogens with one attached hydrogen (secondary N) is 1. The number of phenols is 1. The maximum Gasteiger partial charge on any atom is 0.255 e. The molecule has 0 saturated heterocycles. The van der Waals surface area contributed by atoms with Gasteiger partial charge in [-0.25, -0.2) is 4.39 Å². The van der Waals surface area contributed by atoms with Crippen LogP contribution in [0.1, 0.15) is 51.6 Å². The number of phenolic OH excluding ortho intramolecular Hbond substituents is 1. The van der Waals surface area contributed by atoms with Crippen LogP contribution in [0.25, 0.3) is 5.69 Å². The summed E-state index contributed by atoms with van der Waals surface area (Å²) in [4.78, 5) is 12.7. The fourth-order valence-corrected chi connectivity index (χ4v) is 5.92. The molecular formula is C35H35FN4O3S. The second-order valence-corrected chi connectivity index (χ2v) is 11.5. The molecule has 1 aromatic heterocycles. The molecule has 1 atom stereocenters. The van der Waals surface area contributed by atoms with Gasteiger partial charge < -0.3 is 15.2 Å². The monoisotopic (exact) mass is 610 g/mol. The van der Waals surface area contributed by atoms with Crippen LogP contribution in [0.3, 0.4) is 0 Å². The first-order valence-electron chi connectivity index (χ1n) is 14.5. The Kier molecular flexibility index (Phi) is 10.3. The van der Waals surface area contributed by atoms with Crippen LogP contribution in [0.5, 0.6) is 11.5 Å². The van der Waals surface area contributed by atoms with Gasteiger partial charge in [-0.3, -0.25) is 9.36 Å². The first-order valence-corrected chi connectivity index (χ1v) is 15.5. The average molecular weight is 611 g/mol. The molecule has 0 radical (unpaired) electrons. The number of carbonyl (C=O) groups is 1. The fourth-order valence-electron chi connectivity index (χ4n) is 5.00. The smallest absolute Gasteiger partial charge is 0.255 e. The number of nitrogens with zero attached hydrogens (tertiary/aromatic N) is 3. The number of benzene rings is 4. The Morgan fingerprint density at radius 2 is 1.73 bits per heavy atom. The van der Waals surface area contributed by atoms with Crippen molar-refractivity contribution in [3.05, 3.63) is 131 Å². The number of ether oxygens (including phenoxy) is 1. The number of hydrogen-bond acceptors (Lipinski definition) is 6. The summed E-state index contributed by atoms with van der Waals surface area (Å²) < 4.78 is 21.4. The lowest BCUT2D eigenvalue weighted by Gasteiger charge is -2.19. The zero-order chi connectivity index (χ0) is 30.9. The van der Waals surface area contributed by atoms with Gasteiger partial charge in [0.15, 0.2) is 5.16 Å². The summed E-state index contributed by atoms with van der Waals surface area (Å²) in [6, 6.07) is 29.3. The van der Waals surface area contributed by atoms with Crippen molar-refractivity contribution < 1.29 is 19.0 Å². The summed E-state index contributed by atoms with van der Waals surface area (Å²) in [5, 5.41) is 23.1. The lowest BCUT2D eigenvalue weighted by molar-refractivity contribution is 0.0950. The molecule has 0 bridgehead atoms. The van der Waals surface area contributed by atoms with Crippen molar-refractivity contribution >= 4 is 17.7 Å². The molecule has 0 aliphatic carbocycles. The van der Waals surface area contributed by atoms with Gasteiger partial charge in [-0.1, -0.05) is 71.9 Å². The third kappa shape index (κ3) is 7.85. The number of aromatic hydroxyl groups is 1. The molecule has 5 aromatic rings.